The lowest BCUT2D eigenvalue weighted by Crippen LogP contribution is -2.70. The minimum Gasteiger partial charge on any atom is -0.477 e. The van der Waals surface area contributed by atoms with Crippen molar-refractivity contribution >= 4 is 17.8 Å². The molecule has 3 saturated heterocycles. The van der Waals surface area contributed by atoms with Crippen LogP contribution in [0.1, 0.15) is 252 Å². The van der Waals surface area contributed by atoms with Crippen LogP contribution < -0.4 is 10.6 Å². The van der Waals surface area contributed by atoms with E-state index in [0.717, 1.165) is 58.3 Å². The third kappa shape index (κ3) is 29.1. The van der Waals surface area contributed by atoms with Gasteiger partial charge in [0.15, 0.2) is 12.6 Å². The number of carbonyl (C=O) groups is 3. The minimum absolute atomic E-state index is 0.228. The number of aliphatic hydroxyl groups excluding tert-OH is 11. The molecule has 0 aromatic rings. The van der Waals surface area contributed by atoms with Gasteiger partial charge in [-0.1, -0.05) is 219 Å². The molecular formula is C64H120N2O21. The highest BCUT2D eigenvalue weighted by Crippen LogP contribution is 2.39. The molecule has 3 aliphatic rings. The largest absolute Gasteiger partial charge is 0.477 e. The Hall–Kier alpha value is -2.27. The molecule has 0 bridgehead atoms. The Bertz CT molecular complexity index is 1780. The molecule has 0 aromatic carbocycles. The Kier molecular flexibility index (Phi) is 41.7. The summed E-state index contributed by atoms with van der Waals surface area (Å²) < 4.78 is 34.8. The average molecular weight is 1250 g/mol. The molecule has 0 aromatic heterocycles. The predicted molar refractivity (Wildman–Crippen MR) is 325 cm³/mol. The molecule has 3 heterocycles. The molecular weight excluding hydrogens is 1130 g/mol. The third-order valence-corrected chi connectivity index (χ3v) is 17.6. The molecule has 23 heteroatoms. The second-order valence-corrected chi connectivity index (χ2v) is 25.0. The Labute approximate surface area is 519 Å². The number of ether oxygens (including phenoxy) is 6. The number of hydrogen-bond donors (Lipinski definition) is 14. The van der Waals surface area contributed by atoms with E-state index in [2.05, 4.69) is 24.5 Å². The molecule has 0 spiro atoms. The number of hydrogen-bond acceptors (Lipinski definition) is 20. The van der Waals surface area contributed by atoms with Crippen LogP contribution in [0, 0.1) is 0 Å². The predicted octanol–water partition coefficient (Wildman–Crippen LogP) is 5.34. The van der Waals surface area contributed by atoms with E-state index >= 15 is 0 Å². The maximum absolute atomic E-state index is 13.4. The van der Waals surface area contributed by atoms with Crippen LogP contribution in [0.4, 0.5) is 0 Å². The molecule has 2 amide bonds. The van der Waals surface area contributed by atoms with Gasteiger partial charge >= 0.3 is 5.97 Å². The first-order valence-electron chi connectivity index (χ1n) is 33.9. The van der Waals surface area contributed by atoms with Crippen LogP contribution in [0.3, 0.4) is 0 Å². The molecule has 0 saturated carbocycles. The number of nitrogens with one attached hydrogen (secondary N) is 2. The second-order valence-electron chi connectivity index (χ2n) is 25.0. The van der Waals surface area contributed by atoms with Crippen molar-refractivity contribution in [1.82, 2.24) is 10.6 Å². The van der Waals surface area contributed by atoms with Gasteiger partial charge in [0.05, 0.1) is 50.7 Å². The van der Waals surface area contributed by atoms with Crippen molar-refractivity contribution in [1.29, 1.82) is 0 Å². The number of carboxylic acid groups (broad SMARTS) is 1. The van der Waals surface area contributed by atoms with Crippen LogP contribution in [0.15, 0.2) is 0 Å². The summed E-state index contributed by atoms with van der Waals surface area (Å²) in [5, 5.41) is 136. The van der Waals surface area contributed by atoms with Crippen molar-refractivity contribution in [2.75, 3.05) is 26.4 Å². The lowest BCUT2D eigenvalue weighted by atomic mass is 9.88. The van der Waals surface area contributed by atoms with Gasteiger partial charge in [-0.3, -0.25) is 9.59 Å². The minimum atomic E-state index is -3.08. The van der Waals surface area contributed by atoms with Crippen LogP contribution in [0.2, 0.25) is 0 Å². The molecule has 18 unspecified atom stereocenters. The van der Waals surface area contributed by atoms with Gasteiger partial charge in [-0.15, -0.1) is 0 Å². The van der Waals surface area contributed by atoms with Gasteiger partial charge in [0.2, 0.25) is 11.8 Å². The van der Waals surface area contributed by atoms with Crippen LogP contribution in [0.25, 0.3) is 0 Å². The summed E-state index contributed by atoms with van der Waals surface area (Å²) in [5.74, 6) is -6.09. The highest BCUT2D eigenvalue weighted by Gasteiger charge is 2.60. The number of carboxylic acids is 1. The van der Waals surface area contributed by atoms with Crippen molar-refractivity contribution in [3.05, 3.63) is 0 Å². The Morgan fingerprint density at radius 1 is 0.552 bits per heavy atom. The molecule has 0 aliphatic carbocycles. The monoisotopic (exact) mass is 1250 g/mol. The lowest BCUT2D eigenvalue weighted by Gasteiger charge is -2.50. The highest BCUT2D eigenvalue weighted by molar-refractivity contribution is 5.77. The van der Waals surface area contributed by atoms with Gasteiger partial charge in [-0.2, -0.15) is 0 Å². The summed E-state index contributed by atoms with van der Waals surface area (Å²) in [6.07, 6.45) is 11.1. The summed E-state index contributed by atoms with van der Waals surface area (Å²) in [6.45, 7) is 2.21. The van der Waals surface area contributed by atoms with Gasteiger partial charge in [0.25, 0.3) is 5.79 Å². The van der Waals surface area contributed by atoms with Crippen LogP contribution in [-0.4, -0.2) is 215 Å². The highest BCUT2D eigenvalue weighted by atomic mass is 16.8. The van der Waals surface area contributed by atoms with Crippen molar-refractivity contribution in [2.45, 2.75) is 362 Å². The van der Waals surface area contributed by atoms with Crippen LogP contribution in [0.5, 0.6) is 0 Å². The fourth-order valence-electron chi connectivity index (χ4n) is 12.1. The fourth-order valence-corrected chi connectivity index (χ4v) is 12.1. The van der Waals surface area contributed by atoms with E-state index in [0.29, 0.717) is 19.3 Å². The standard InChI is InChI=1S/C64H120N2O21/c1-4-6-8-10-12-14-16-18-20-21-22-23-24-25-27-29-31-33-35-37-46(71)45(66-51(74)38-36-34-32-30-28-26-19-17-15-13-11-9-7-5-2)43-82-61-56(78)55(77)58(50(42-69)84-61)85-62-57(79)60(54(76)49(41-68)83-62)87-64(63(80)81)39-47(72)52(65-44(3)70)59(86-64)53(75)48(73)40-67/h45-50,52-62,67-69,71-73,75-79H,4-43H2,1-3H3,(H,65,70)(H,66,74)(H,80,81). The summed E-state index contributed by atoms with van der Waals surface area (Å²) in [6, 6.07) is -2.52. The number of aliphatic carboxylic acids is 1. The summed E-state index contributed by atoms with van der Waals surface area (Å²) in [7, 11) is 0. The maximum Gasteiger partial charge on any atom is 0.364 e. The van der Waals surface area contributed by atoms with Crippen molar-refractivity contribution in [3.63, 3.8) is 0 Å². The Balaban J connectivity index is 1.61. The fraction of sp³-hybridized carbons (Fsp3) is 0.953. The summed E-state index contributed by atoms with van der Waals surface area (Å²) in [4.78, 5) is 38.5. The second kappa shape index (κ2) is 45.9. The molecule has 0 radical (unpaired) electrons. The van der Waals surface area contributed by atoms with Gasteiger partial charge in [-0.05, 0) is 12.8 Å². The SMILES string of the molecule is CCCCCCCCCCCCCCCCCCCCCC(O)C(COC1OC(CO)C(OC2OC(CO)C(O)C(OC3(C(=O)O)CC(O)C(NC(C)=O)C(C(O)C(O)CO)O3)C2O)C(O)C1O)NC(=O)CCCCCCCCCCCCCCCC. The topological polar surface area (TPSA) is 373 Å². The van der Waals surface area contributed by atoms with Gasteiger partial charge in [-0.25, -0.2) is 4.79 Å². The van der Waals surface area contributed by atoms with E-state index in [1.54, 1.807) is 0 Å². The van der Waals surface area contributed by atoms with Gasteiger partial charge in [0, 0.05) is 19.8 Å². The number of rotatable bonds is 51. The molecule has 18 atom stereocenters. The zero-order chi connectivity index (χ0) is 64.0. The molecule has 3 fully saturated rings. The molecule has 87 heavy (non-hydrogen) atoms. The maximum atomic E-state index is 13.4. The summed E-state index contributed by atoms with van der Waals surface area (Å²) >= 11 is 0. The number of amides is 2. The number of unbranched alkanes of at least 4 members (excludes halogenated alkanes) is 31. The average Bonchev–Trinajstić information content (AvgIpc) is 1.15. The van der Waals surface area contributed by atoms with E-state index in [4.69, 9.17) is 28.4 Å². The zero-order valence-corrected chi connectivity index (χ0v) is 53.1. The normalized spacial score (nSPS) is 29.1. The van der Waals surface area contributed by atoms with E-state index in [1.807, 2.05) is 0 Å². The van der Waals surface area contributed by atoms with E-state index in [9.17, 15) is 75.7 Å². The van der Waals surface area contributed by atoms with Crippen LogP contribution in [-0.2, 0) is 42.8 Å². The first-order valence-corrected chi connectivity index (χ1v) is 33.9. The smallest absolute Gasteiger partial charge is 0.364 e. The molecule has 14 N–H and O–H groups in total. The first-order chi connectivity index (χ1) is 41.9. The number of carbonyl (C=O) groups excluding carboxylic acids is 2. The van der Waals surface area contributed by atoms with Crippen molar-refractivity contribution < 1.29 is 104 Å². The Morgan fingerprint density at radius 3 is 1.44 bits per heavy atom. The third-order valence-electron chi connectivity index (χ3n) is 17.6. The van der Waals surface area contributed by atoms with E-state index < -0.39 is 148 Å². The van der Waals surface area contributed by atoms with E-state index in [1.165, 1.54) is 148 Å². The number of aliphatic hydroxyl groups is 11. The molecule has 3 aliphatic heterocycles. The van der Waals surface area contributed by atoms with Gasteiger partial charge < -0.3 is 100 Å². The van der Waals surface area contributed by atoms with E-state index in [-0.39, 0.29) is 18.9 Å². The van der Waals surface area contributed by atoms with Crippen molar-refractivity contribution in [3.8, 4) is 0 Å². The lowest BCUT2D eigenvalue weighted by molar-refractivity contribution is -0.386. The zero-order valence-electron chi connectivity index (χ0n) is 53.1. The first kappa shape index (κ1) is 79.0. The quantitative estimate of drug-likeness (QED) is 0.0342. The molecule has 3 rings (SSSR count). The van der Waals surface area contributed by atoms with Crippen LogP contribution >= 0.6 is 0 Å². The summed E-state index contributed by atoms with van der Waals surface area (Å²) in [5.41, 5.74) is 0. The molecule has 512 valence electrons. The van der Waals surface area contributed by atoms with Gasteiger partial charge in [0.1, 0.15) is 67.1 Å². The molecule has 23 nitrogen and oxygen atoms in total. The Morgan fingerprint density at radius 2 is 1.00 bits per heavy atom. The van der Waals surface area contributed by atoms with Crippen molar-refractivity contribution in [2.24, 2.45) is 0 Å².